The lowest BCUT2D eigenvalue weighted by molar-refractivity contribution is -0.142. The fraction of sp³-hybridized carbons (Fsp3) is 0.500. The van der Waals surface area contributed by atoms with Crippen LogP contribution >= 0.6 is 11.6 Å². The van der Waals surface area contributed by atoms with Crippen molar-refractivity contribution in [3.8, 4) is 0 Å². The minimum atomic E-state index is -0.636. The first-order valence-corrected chi connectivity index (χ1v) is 6.79. The van der Waals surface area contributed by atoms with Gasteiger partial charge in [-0.25, -0.2) is 0 Å². The first-order chi connectivity index (χ1) is 8.65. The van der Waals surface area contributed by atoms with Crippen LogP contribution in [0.25, 0.3) is 0 Å². The Labute approximate surface area is 111 Å². The first kappa shape index (κ1) is 11.8. The topological polar surface area (TPSA) is 40.5 Å². The molecule has 0 radical (unpaired) electrons. The second kappa shape index (κ2) is 4.47. The number of anilines is 1. The third kappa shape index (κ3) is 1.97. The van der Waals surface area contributed by atoms with E-state index in [2.05, 4.69) is 4.90 Å². The predicted molar refractivity (Wildman–Crippen MR) is 71.1 cm³/mol. The van der Waals surface area contributed by atoms with Gasteiger partial charge in [0.15, 0.2) is 0 Å². The van der Waals surface area contributed by atoms with E-state index in [1.165, 1.54) is 5.69 Å². The quantitative estimate of drug-likeness (QED) is 0.893. The van der Waals surface area contributed by atoms with Gasteiger partial charge in [0.05, 0.1) is 5.92 Å². The molecule has 2 fully saturated rings. The average Bonchev–Trinajstić information content (AvgIpc) is 2.61. The highest BCUT2D eigenvalue weighted by atomic mass is 35.5. The summed E-state index contributed by atoms with van der Waals surface area (Å²) in [6, 6.07) is 8.64. The van der Waals surface area contributed by atoms with Gasteiger partial charge in [-0.1, -0.05) is 11.6 Å². The number of carboxylic acid groups (broad SMARTS) is 1. The van der Waals surface area contributed by atoms with Crippen molar-refractivity contribution in [2.45, 2.75) is 37.8 Å². The molecule has 2 unspecified atom stereocenters. The molecule has 0 spiro atoms. The molecule has 1 N–H and O–H groups in total. The van der Waals surface area contributed by atoms with E-state index < -0.39 is 5.97 Å². The summed E-state index contributed by atoms with van der Waals surface area (Å²) in [7, 11) is 0. The molecular weight excluding hydrogens is 250 g/mol. The van der Waals surface area contributed by atoms with Crippen LogP contribution in [0.4, 0.5) is 5.69 Å². The highest BCUT2D eigenvalue weighted by Crippen LogP contribution is 2.41. The first-order valence-electron chi connectivity index (χ1n) is 6.42. The fourth-order valence-corrected chi connectivity index (χ4v) is 3.54. The Kier molecular flexibility index (Phi) is 2.94. The van der Waals surface area contributed by atoms with Crippen molar-refractivity contribution < 1.29 is 9.90 Å². The van der Waals surface area contributed by atoms with Crippen molar-refractivity contribution >= 4 is 23.3 Å². The van der Waals surface area contributed by atoms with Crippen LogP contribution in [-0.2, 0) is 4.79 Å². The van der Waals surface area contributed by atoms with Crippen molar-refractivity contribution in [2.24, 2.45) is 5.92 Å². The van der Waals surface area contributed by atoms with Crippen molar-refractivity contribution in [1.29, 1.82) is 0 Å². The van der Waals surface area contributed by atoms with Gasteiger partial charge in [0.1, 0.15) is 0 Å². The van der Waals surface area contributed by atoms with Gasteiger partial charge in [-0.05, 0) is 49.9 Å². The summed E-state index contributed by atoms with van der Waals surface area (Å²) in [6.07, 6.45) is 3.76. The summed E-state index contributed by atoms with van der Waals surface area (Å²) in [5.41, 5.74) is 1.18. The molecule has 1 aromatic carbocycles. The SMILES string of the molecule is O=C(O)C1CC2CCC(C1)N2c1ccc(Cl)cc1. The lowest BCUT2D eigenvalue weighted by Gasteiger charge is -2.39. The molecule has 3 nitrogen and oxygen atoms in total. The summed E-state index contributed by atoms with van der Waals surface area (Å²) in [5, 5.41) is 9.90. The van der Waals surface area contributed by atoms with Crippen molar-refractivity contribution in [3.05, 3.63) is 29.3 Å². The maximum atomic E-state index is 11.1. The number of nitrogens with zero attached hydrogens (tertiary/aromatic N) is 1. The molecule has 4 heteroatoms. The van der Waals surface area contributed by atoms with Crippen LogP contribution in [0.2, 0.25) is 5.02 Å². The molecule has 96 valence electrons. The maximum absolute atomic E-state index is 11.1. The zero-order chi connectivity index (χ0) is 12.7. The molecular formula is C14H16ClNO2. The maximum Gasteiger partial charge on any atom is 0.306 e. The van der Waals surface area contributed by atoms with Gasteiger partial charge < -0.3 is 10.0 Å². The number of piperidine rings is 1. The van der Waals surface area contributed by atoms with Crippen molar-refractivity contribution in [2.75, 3.05) is 4.90 Å². The number of carbonyl (C=O) groups is 1. The van der Waals surface area contributed by atoms with Crippen LogP contribution in [0, 0.1) is 5.92 Å². The van der Waals surface area contributed by atoms with Gasteiger partial charge in [0.25, 0.3) is 0 Å². The van der Waals surface area contributed by atoms with Gasteiger partial charge in [0, 0.05) is 22.8 Å². The molecule has 2 atom stereocenters. The average molecular weight is 266 g/mol. The monoisotopic (exact) mass is 265 g/mol. The Balaban J connectivity index is 1.83. The summed E-state index contributed by atoms with van der Waals surface area (Å²) in [4.78, 5) is 13.5. The van der Waals surface area contributed by atoms with E-state index in [4.69, 9.17) is 16.7 Å². The Bertz CT molecular complexity index is 445. The molecule has 0 amide bonds. The zero-order valence-corrected chi connectivity index (χ0v) is 10.8. The van der Waals surface area contributed by atoms with Gasteiger partial charge >= 0.3 is 5.97 Å². The molecule has 3 rings (SSSR count). The van der Waals surface area contributed by atoms with Crippen LogP contribution < -0.4 is 4.90 Å². The van der Waals surface area contributed by atoms with Crippen molar-refractivity contribution in [3.63, 3.8) is 0 Å². The van der Waals surface area contributed by atoms with Gasteiger partial charge in [-0.15, -0.1) is 0 Å². The van der Waals surface area contributed by atoms with E-state index in [1.54, 1.807) is 0 Å². The van der Waals surface area contributed by atoms with Crippen LogP contribution in [0.5, 0.6) is 0 Å². The van der Waals surface area contributed by atoms with Gasteiger partial charge in [-0.3, -0.25) is 4.79 Å². The number of fused-ring (bicyclic) bond motifs is 2. The molecule has 1 aromatic rings. The van der Waals surface area contributed by atoms with Crippen molar-refractivity contribution in [1.82, 2.24) is 0 Å². The molecule has 0 aromatic heterocycles. The fourth-order valence-electron chi connectivity index (χ4n) is 3.41. The number of halogens is 1. The molecule has 2 heterocycles. The minimum Gasteiger partial charge on any atom is -0.481 e. The second-order valence-corrected chi connectivity index (χ2v) is 5.71. The summed E-state index contributed by atoms with van der Waals surface area (Å²) < 4.78 is 0. The zero-order valence-electron chi connectivity index (χ0n) is 10.1. The number of carboxylic acids is 1. The van der Waals surface area contributed by atoms with E-state index in [0.29, 0.717) is 12.1 Å². The number of hydrogen-bond acceptors (Lipinski definition) is 2. The molecule has 18 heavy (non-hydrogen) atoms. The smallest absolute Gasteiger partial charge is 0.306 e. The van der Waals surface area contributed by atoms with Crippen LogP contribution in [0.15, 0.2) is 24.3 Å². The molecule has 2 saturated heterocycles. The Morgan fingerprint density at radius 2 is 1.72 bits per heavy atom. The van der Waals surface area contributed by atoms with Crippen LogP contribution in [0.3, 0.4) is 0 Å². The lowest BCUT2D eigenvalue weighted by Crippen LogP contribution is -2.44. The van der Waals surface area contributed by atoms with Gasteiger partial charge in [0.2, 0.25) is 0 Å². The number of aliphatic carboxylic acids is 1. The van der Waals surface area contributed by atoms with Gasteiger partial charge in [-0.2, -0.15) is 0 Å². The van der Waals surface area contributed by atoms with E-state index in [0.717, 1.165) is 30.7 Å². The second-order valence-electron chi connectivity index (χ2n) is 5.28. The third-order valence-corrected chi connectivity index (χ3v) is 4.46. The molecule has 2 aliphatic heterocycles. The Hall–Kier alpha value is -1.22. The number of benzene rings is 1. The summed E-state index contributed by atoms with van der Waals surface area (Å²) in [5.74, 6) is -0.797. The lowest BCUT2D eigenvalue weighted by atomic mass is 9.90. The standard InChI is InChI=1S/C14H16ClNO2/c15-10-1-3-11(4-2-10)16-12-5-6-13(16)8-9(7-12)14(17)18/h1-4,9,12-13H,5-8H2,(H,17,18). The molecule has 2 aliphatic rings. The normalized spacial score (nSPS) is 30.5. The Morgan fingerprint density at radius 1 is 1.17 bits per heavy atom. The molecule has 0 aliphatic carbocycles. The minimum absolute atomic E-state index is 0.161. The van der Waals surface area contributed by atoms with E-state index in [-0.39, 0.29) is 5.92 Å². The Morgan fingerprint density at radius 3 is 2.22 bits per heavy atom. The summed E-state index contributed by atoms with van der Waals surface area (Å²) >= 11 is 5.91. The third-order valence-electron chi connectivity index (χ3n) is 4.21. The predicted octanol–water partition coefficient (Wildman–Crippen LogP) is 3.17. The highest BCUT2D eigenvalue weighted by molar-refractivity contribution is 6.30. The largest absolute Gasteiger partial charge is 0.481 e. The number of rotatable bonds is 2. The van der Waals surface area contributed by atoms with E-state index in [9.17, 15) is 4.79 Å². The summed E-state index contributed by atoms with van der Waals surface area (Å²) in [6.45, 7) is 0. The number of hydrogen-bond donors (Lipinski definition) is 1. The van der Waals surface area contributed by atoms with Crippen LogP contribution in [-0.4, -0.2) is 23.2 Å². The van der Waals surface area contributed by atoms with Crippen LogP contribution in [0.1, 0.15) is 25.7 Å². The molecule has 2 bridgehead atoms. The molecule has 0 saturated carbocycles. The van der Waals surface area contributed by atoms with E-state index in [1.807, 2.05) is 24.3 Å². The highest BCUT2D eigenvalue weighted by Gasteiger charge is 2.42. The van der Waals surface area contributed by atoms with E-state index >= 15 is 0 Å².